The van der Waals surface area contributed by atoms with E-state index in [9.17, 15) is 22.7 Å². The van der Waals surface area contributed by atoms with Gasteiger partial charge in [-0.25, -0.2) is 12.8 Å². The van der Waals surface area contributed by atoms with Crippen LogP contribution in [-0.4, -0.2) is 49.0 Å². The highest BCUT2D eigenvalue weighted by Gasteiger charge is 2.40. The van der Waals surface area contributed by atoms with Crippen LogP contribution in [0.5, 0.6) is 0 Å². The summed E-state index contributed by atoms with van der Waals surface area (Å²) in [7, 11) is -4.09. The largest absolute Gasteiger partial charge is 0.390 e. The Morgan fingerprint density at radius 1 is 1.11 bits per heavy atom. The van der Waals surface area contributed by atoms with Gasteiger partial charge < -0.3 is 10.4 Å². The van der Waals surface area contributed by atoms with Gasteiger partial charge in [-0.15, -0.1) is 0 Å². The van der Waals surface area contributed by atoms with E-state index in [4.69, 9.17) is 11.6 Å². The first-order chi connectivity index (χ1) is 18.0. The molecular formula is C29H40ClFN2O4S. The molecule has 1 aliphatic carbocycles. The summed E-state index contributed by atoms with van der Waals surface area (Å²) in [6.07, 6.45) is 4.60. The molecule has 1 amide bonds. The van der Waals surface area contributed by atoms with Crippen molar-refractivity contribution < 1.29 is 22.7 Å². The maximum Gasteiger partial charge on any atom is 0.243 e. The molecule has 0 radical (unpaired) electrons. The van der Waals surface area contributed by atoms with Crippen LogP contribution in [0, 0.1) is 17.2 Å². The Kier molecular flexibility index (Phi) is 10.7. The van der Waals surface area contributed by atoms with Gasteiger partial charge in [-0.05, 0) is 55.4 Å². The van der Waals surface area contributed by atoms with Gasteiger partial charge >= 0.3 is 0 Å². The van der Waals surface area contributed by atoms with Gasteiger partial charge in [0.25, 0.3) is 0 Å². The molecule has 1 aliphatic rings. The van der Waals surface area contributed by atoms with Gasteiger partial charge in [-0.1, -0.05) is 82.0 Å². The Morgan fingerprint density at radius 2 is 1.76 bits per heavy atom. The number of carbonyl (C=O) groups is 1. The topological polar surface area (TPSA) is 86.7 Å². The summed E-state index contributed by atoms with van der Waals surface area (Å²) in [5.74, 6) is -0.830. The van der Waals surface area contributed by atoms with Gasteiger partial charge in [0.05, 0.1) is 22.1 Å². The van der Waals surface area contributed by atoms with Crippen LogP contribution in [0.4, 0.5) is 4.39 Å². The first kappa shape index (κ1) is 30.5. The minimum Gasteiger partial charge on any atom is -0.390 e. The molecule has 210 valence electrons. The zero-order valence-corrected chi connectivity index (χ0v) is 24.1. The highest BCUT2D eigenvalue weighted by molar-refractivity contribution is 7.89. The second-order valence-electron chi connectivity index (χ2n) is 10.8. The van der Waals surface area contributed by atoms with Crippen LogP contribution in [-0.2, 0) is 21.2 Å². The van der Waals surface area contributed by atoms with Crippen LogP contribution in [0.15, 0.2) is 53.4 Å². The first-order valence-corrected chi connectivity index (χ1v) is 15.3. The average molecular weight is 567 g/mol. The lowest BCUT2D eigenvalue weighted by molar-refractivity contribution is -0.135. The van der Waals surface area contributed by atoms with E-state index in [1.54, 1.807) is 0 Å². The minimum absolute atomic E-state index is 0.0411. The molecule has 2 atom stereocenters. The van der Waals surface area contributed by atoms with E-state index in [0.29, 0.717) is 12.8 Å². The van der Waals surface area contributed by atoms with Gasteiger partial charge in [-0.3, -0.25) is 4.79 Å². The lowest BCUT2D eigenvalue weighted by Crippen LogP contribution is -2.54. The van der Waals surface area contributed by atoms with E-state index in [1.165, 1.54) is 10.4 Å². The molecule has 2 aromatic rings. The van der Waals surface area contributed by atoms with Crippen LogP contribution in [0.2, 0.25) is 5.02 Å². The number of nitrogens with one attached hydrogen (secondary N) is 1. The first-order valence-electron chi connectivity index (χ1n) is 13.5. The Bertz CT molecular complexity index is 1170. The monoisotopic (exact) mass is 566 g/mol. The number of sulfonamides is 1. The second-order valence-corrected chi connectivity index (χ2v) is 13.2. The summed E-state index contributed by atoms with van der Waals surface area (Å²) in [6.45, 7) is 5.69. The number of aliphatic hydroxyl groups excluding tert-OH is 1. The lowest BCUT2D eigenvalue weighted by atomic mass is 9.71. The number of hydrogen-bond acceptors (Lipinski definition) is 4. The number of carbonyl (C=O) groups excluding carboxylic acids is 1. The van der Waals surface area contributed by atoms with Crippen molar-refractivity contribution >= 4 is 27.5 Å². The van der Waals surface area contributed by atoms with Crippen molar-refractivity contribution in [3.63, 3.8) is 0 Å². The molecule has 2 aromatic carbocycles. The fourth-order valence-electron chi connectivity index (χ4n) is 5.24. The standard InChI is InChI=1S/C29H40ClFN2O4S/c1-4-29(15-9-6-10-16-29)28(35)32-26(17-22-11-7-5-8-12-22)27(34)20-33(19-21(2)3)38(36,37)23-13-14-25(31)24(30)18-23/h5,7-8,11-14,18,21,26-27,34H,4,6,9-10,15-17,19-20H2,1-3H3,(H,32,35)/t26-,27+/m0/s1. The lowest BCUT2D eigenvalue weighted by Gasteiger charge is -2.38. The highest BCUT2D eigenvalue weighted by Crippen LogP contribution is 2.39. The third-order valence-corrected chi connectivity index (χ3v) is 9.65. The van der Waals surface area contributed by atoms with Gasteiger partial charge in [0.1, 0.15) is 5.82 Å². The molecule has 0 saturated heterocycles. The van der Waals surface area contributed by atoms with Crippen molar-refractivity contribution in [3.05, 3.63) is 64.9 Å². The molecule has 0 heterocycles. The SMILES string of the molecule is CCC1(C(=O)N[C@@H](Cc2ccccc2)[C@H](O)CN(CC(C)C)S(=O)(=O)c2ccc(F)c(Cl)c2)CCCCC1. The summed E-state index contributed by atoms with van der Waals surface area (Å²) >= 11 is 5.88. The highest BCUT2D eigenvalue weighted by atomic mass is 35.5. The van der Waals surface area contributed by atoms with E-state index in [1.807, 2.05) is 51.1 Å². The molecule has 6 nitrogen and oxygen atoms in total. The fourth-order valence-corrected chi connectivity index (χ4v) is 7.14. The van der Waals surface area contributed by atoms with E-state index in [0.717, 1.165) is 49.8 Å². The normalized spacial score (nSPS) is 17.4. The number of amides is 1. The molecule has 1 fully saturated rings. The third kappa shape index (κ3) is 7.56. The summed E-state index contributed by atoms with van der Waals surface area (Å²) in [5, 5.41) is 14.3. The number of nitrogens with zero attached hydrogens (tertiary/aromatic N) is 1. The molecular weight excluding hydrogens is 527 g/mol. The predicted molar refractivity (Wildman–Crippen MR) is 149 cm³/mol. The second kappa shape index (κ2) is 13.4. The maximum absolute atomic E-state index is 13.7. The van der Waals surface area contributed by atoms with Crippen LogP contribution < -0.4 is 5.32 Å². The Morgan fingerprint density at radius 3 is 2.34 bits per heavy atom. The molecule has 9 heteroatoms. The molecule has 2 N–H and O–H groups in total. The maximum atomic E-state index is 13.7. The van der Waals surface area contributed by atoms with Crippen molar-refractivity contribution in [1.82, 2.24) is 9.62 Å². The van der Waals surface area contributed by atoms with Crippen molar-refractivity contribution in [2.45, 2.75) is 82.8 Å². The number of halogens is 2. The van der Waals surface area contributed by atoms with Crippen molar-refractivity contribution in [2.24, 2.45) is 11.3 Å². The van der Waals surface area contributed by atoms with E-state index in [-0.39, 0.29) is 34.8 Å². The quantitative estimate of drug-likeness (QED) is 0.351. The molecule has 0 bridgehead atoms. The van der Waals surface area contributed by atoms with E-state index < -0.39 is 33.4 Å². The number of hydrogen-bond donors (Lipinski definition) is 2. The Hall–Kier alpha value is -2.00. The van der Waals surface area contributed by atoms with Gasteiger partial charge in [0, 0.05) is 18.5 Å². The number of aliphatic hydroxyl groups is 1. The van der Waals surface area contributed by atoms with Crippen molar-refractivity contribution in [1.29, 1.82) is 0 Å². The van der Waals surface area contributed by atoms with Crippen LogP contribution >= 0.6 is 11.6 Å². The molecule has 38 heavy (non-hydrogen) atoms. The summed E-state index contributed by atoms with van der Waals surface area (Å²) in [6, 6.07) is 12.1. The summed E-state index contributed by atoms with van der Waals surface area (Å²) in [5.41, 5.74) is 0.455. The number of rotatable bonds is 12. The predicted octanol–water partition coefficient (Wildman–Crippen LogP) is 5.57. The zero-order chi connectivity index (χ0) is 27.9. The van der Waals surface area contributed by atoms with Gasteiger partial charge in [-0.2, -0.15) is 4.31 Å². The van der Waals surface area contributed by atoms with Gasteiger partial charge in [0.2, 0.25) is 15.9 Å². The third-order valence-electron chi connectivity index (χ3n) is 7.54. The van der Waals surface area contributed by atoms with E-state index >= 15 is 0 Å². The van der Waals surface area contributed by atoms with Crippen molar-refractivity contribution in [3.8, 4) is 0 Å². The molecule has 0 spiro atoms. The van der Waals surface area contributed by atoms with Crippen molar-refractivity contribution in [2.75, 3.05) is 13.1 Å². The zero-order valence-electron chi connectivity index (χ0n) is 22.5. The van der Waals surface area contributed by atoms with Crippen LogP contribution in [0.1, 0.15) is 64.9 Å². The summed E-state index contributed by atoms with van der Waals surface area (Å²) < 4.78 is 42.1. The Balaban J connectivity index is 1.90. The number of benzene rings is 2. The Labute approximate surface area is 231 Å². The fraction of sp³-hybridized carbons (Fsp3) is 0.552. The molecule has 0 unspecified atom stereocenters. The van der Waals surface area contributed by atoms with E-state index in [2.05, 4.69) is 5.32 Å². The molecule has 1 saturated carbocycles. The van der Waals surface area contributed by atoms with Crippen LogP contribution in [0.25, 0.3) is 0 Å². The van der Waals surface area contributed by atoms with Crippen LogP contribution in [0.3, 0.4) is 0 Å². The average Bonchev–Trinajstić information content (AvgIpc) is 2.90. The molecule has 3 rings (SSSR count). The van der Waals surface area contributed by atoms with Gasteiger partial charge in [0.15, 0.2) is 0 Å². The minimum atomic E-state index is -4.09. The smallest absolute Gasteiger partial charge is 0.243 e. The molecule has 0 aliphatic heterocycles. The summed E-state index contributed by atoms with van der Waals surface area (Å²) in [4.78, 5) is 13.5. The molecule has 0 aromatic heterocycles.